The van der Waals surface area contributed by atoms with E-state index in [9.17, 15) is 10.1 Å². The lowest BCUT2D eigenvalue weighted by Crippen LogP contribution is -2.33. The van der Waals surface area contributed by atoms with Crippen molar-refractivity contribution in [2.75, 3.05) is 24.5 Å². The van der Waals surface area contributed by atoms with Crippen molar-refractivity contribution in [2.24, 2.45) is 18.9 Å². The van der Waals surface area contributed by atoms with Gasteiger partial charge >= 0.3 is 5.69 Å². The third-order valence-corrected chi connectivity index (χ3v) is 4.19. The maximum Gasteiger partial charge on any atom is 0.330 e. The summed E-state index contributed by atoms with van der Waals surface area (Å²) in [5, 5.41) is 18.7. The van der Waals surface area contributed by atoms with Crippen molar-refractivity contribution in [3.05, 3.63) is 16.3 Å². The fourth-order valence-electron chi connectivity index (χ4n) is 3.24. The molecule has 1 aromatic heterocycles. The Morgan fingerprint density at radius 1 is 1.56 bits per heavy atom. The Bertz CT molecular complexity index is 486. The molecule has 98 valence electrons. The van der Waals surface area contributed by atoms with Gasteiger partial charge in [0, 0.05) is 32.7 Å². The number of rotatable bonds is 2. The fraction of sp³-hybridized carbons (Fsp3) is 0.727. The second-order valence-electron chi connectivity index (χ2n) is 5.24. The molecule has 1 aromatic rings. The van der Waals surface area contributed by atoms with Crippen molar-refractivity contribution in [3.8, 4) is 0 Å². The van der Waals surface area contributed by atoms with Crippen LogP contribution in [0.1, 0.15) is 6.92 Å². The second kappa shape index (κ2) is 3.94. The van der Waals surface area contributed by atoms with Crippen LogP contribution in [0.3, 0.4) is 0 Å². The fourth-order valence-corrected chi connectivity index (χ4v) is 3.24. The molecule has 0 saturated carbocycles. The third kappa shape index (κ3) is 1.58. The first-order valence-corrected chi connectivity index (χ1v) is 6.23. The Labute approximate surface area is 105 Å². The first kappa shape index (κ1) is 11.5. The molecule has 3 atom stereocenters. The summed E-state index contributed by atoms with van der Waals surface area (Å²) in [4.78, 5) is 12.8. The number of nitrogens with one attached hydrogen (secondary N) is 1. The highest BCUT2D eigenvalue weighted by atomic mass is 16.6. The van der Waals surface area contributed by atoms with Crippen LogP contribution in [0.25, 0.3) is 0 Å². The van der Waals surface area contributed by atoms with Gasteiger partial charge < -0.3 is 10.2 Å². The molecule has 0 aliphatic carbocycles. The van der Waals surface area contributed by atoms with Crippen LogP contribution in [-0.2, 0) is 7.05 Å². The molecule has 0 aromatic carbocycles. The molecule has 18 heavy (non-hydrogen) atoms. The highest BCUT2D eigenvalue weighted by Crippen LogP contribution is 2.38. The van der Waals surface area contributed by atoms with Crippen molar-refractivity contribution < 1.29 is 4.92 Å². The number of hydrogen-bond donors (Lipinski definition) is 1. The van der Waals surface area contributed by atoms with Crippen molar-refractivity contribution in [2.45, 2.75) is 13.0 Å². The summed E-state index contributed by atoms with van der Waals surface area (Å²) in [7, 11) is 1.72. The standard InChI is InChI=1S/C11H17N5O2/c1-7-9-4-12-3-8(9)5-15(7)11-10(16(17)18)6-14(2)13-11/h6-9,12H,3-5H2,1-2H3. The third-order valence-electron chi connectivity index (χ3n) is 4.19. The normalized spacial score (nSPS) is 30.8. The van der Waals surface area contributed by atoms with Crippen LogP contribution in [-0.4, -0.2) is 40.4 Å². The van der Waals surface area contributed by atoms with E-state index in [4.69, 9.17) is 0 Å². The number of nitro groups is 1. The summed E-state index contributed by atoms with van der Waals surface area (Å²) in [6.07, 6.45) is 1.48. The lowest BCUT2D eigenvalue weighted by Gasteiger charge is -2.23. The summed E-state index contributed by atoms with van der Waals surface area (Å²) >= 11 is 0. The zero-order chi connectivity index (χ0) is 12.9. The van der Waals surface area contributed by atoms with E-state index in [1.807, 2.05) is 0 Å². The van der Waals surface area contributed by atoms with Crippen molar-refractivity contribution in [1.29, 1.82) is 0 Å². The first-order chi connectivity index (χ1) is 8.58. The number of aryl methyl sites for hydroxylation is 1. The van der Waals surface area contributed by atoms with E-state index in [-0.39, 0.29) is 10.6 Å². The van der Waals surface area contributed by atoms with Gasteiger partial charge in [-0.25, -0.2) is 0 Å². The molecule has 7 nitrogen and oxygen atoms in total. The van der Waals surface area contributed by atoms with E-state index >= 15 is 0 Å². The Morgan fingerprint density at radius 3 is 3.00 bits per heavy atom. The molecule has 7 heteroatoms. The van der Waals surface area contributed by atoms with Gasteiger partial charge in [0.1, 0.15) is 6.20 Å². The van der Waals surface area contributed by atoms with Crippen LogP contribution in [0.4, 0.5) is 11.5 Å². The minimum atomic E-state index is -0.346. The SMILES string of the molecule is CC1C2CNCC2CN1c1nn(C)cc1[N+](=O)[O-]. The molecule has 2 fully saturated rings. The Balaban J connectivity index is 1.94. The minimum absolute atomic E-state index is 0.109. The summed E-state index contributed by atoms with van der Waals surface area (Å²) in [5.74, 6) is 1.68. The topological polar surface area (TPSA) is 76.2 Å². The minimum Gasteiger partial charge on any atom is -0.346 e. The van der Waals surface area contributed by atoms with E-state index < -0.39 is 0 Å². The average molecular weight is 251 g/mol. The molecule has 2 saturated heterocycles. The molecule has 3 heterocycles. The van der Waals surface area contributed by atoms with Gasteiger partial charge in [0.25, 0.3) is 0 Å². The predicted octanol–water partition coefficient (Wildman–Crippen LogP) is 0.372. The Hall–Kier alpha value is -1.63. The van der Waals surface area contributed by atoms with Gasteiger partial charge in [-0.05, 0) is 18.8 Å². The average Bonchev–Trinajstić information content (AvgIpc) is 2.95. The zero-order valence-electron chi connectivity index (χ0n) is 10.5. The predicted molar refractivity (Wildman–Crippen MR) is 66.5 cm³/mol. The van der Waals surface area contributed by atoms with Crippen molar-refractivity contribution >= 4 is 11.5 Å². The first-order valence-electron chi connectivity index (χ1n) is 6.23. The number of fused-ring (bicyclic) bond motifs is 1. The molecule has 3 unspecified atom stereocenters. The molecule has 0 radical (unpaired) electrons. The van der Waals surface area contributed by atoms with Crippen LogP contribution in [0.15, 0.2) is 6.20 Å². The van der Waals surface area contributed by atoms with E-state index in [2.05, 4.69) is 22.2 Å². The van der Waals surface area contributed by atoms with Crippen LogP contribution in [0.5, 0.6) is 0 Å². The van der Waals surface area contributed by atoms with Crippen LogP contribution in [0.2, 0.25) is 0 Å². The van der Waals surface area contributed by atoms with Gasteiger partial charge in [-0.2, -0.15) is 0 Å². The lowest BCUT2D eigenvalue weighted by molar-refractivity contribution is -0.384. The van der Waals surface area contributed by atoms with Gasteiger partial charge in [0.05, 0.1) is 4.92 Å². The number of hydrogen-bond acceptors (Lipinski definition) is 5. The molecule has 0 amide bonds. The van der Waals surface area contributed by atoms with Crippen LogP contribution < -0.4 is 10.2 Å². The zero-order valence-corrected chi connectivity index (χ0v) is 10.5. The largest absolute Gasteiger partial charge is 0.346 e. The highest BCUT2D eigenvalue weighted by molar-refractivity contribution is 5.58. The molecule has 1 N–H and O–H groups in total. The summed E-state index contributed by atoms with van der Waals surface area (Å²) < 4.78 is 1.52. The van der Waals surface area contributed by atoms with Crippen molar-refractivity contribution in [1.82, 2.24) is 15.1 Å². The van der Waals surface area contributed by atoms with E-state index in [0.29, 0.717) is 23.7 Å². The Kier molecular flexibility index (Phi) is 2.51. The van der Waals surface area contributed by atoms with Gasteiger partial charge in [0.2, 0.25) is 5.82 Å². The van der Waals surface area contributed by atoms with E-state index in [1.165, 1.54) is 10.9 Å². The van der Waals surface area contributed by atoms with Crippen molar-refractivity contribution in [3.63, 3.8) is 0 Å². The molecule has 3 rings (SSSR count). The Morgan fingerprint density at radius 2 is 2.33 bits per heavy atom. The smallest absolute Gasteiger partial charge is 0.330 e. The summed E-state index contributed by atoms with van der Waals surface area (Å²) in [6, 6.07) is 0.304. The quantitative estimate of drug-likeness (QED) is 0.607. The van der Waals surface area contributed by atoms with Crippen LogP contribution in [0, 0.1) is 22.0 Å². The lowest BCUT2D eigenvalue weighted by atomic mass is 9.95. The number of anilines is 1. The highest BCUT2D eigenvalue weighted by Gasteiger charge is 2.44. The molecule has 0 spiro atoms. The second-order valence-corrected chi connectivity index (χ2v) is 5.24. The molecular weight excluding hydrogens is 234 g/mol. The molecule has 0 bridgehead atoms. The monoisotopic (exact) mass is 251 g/mol. The number of nitrogens with zero attached hydrogens (tertiary/aromatic N) is 4. The summed E-state index contributed by atoms with van der Waals surface area (Å²) in [6.45, 7) is 5.00. The van der Waals surface area contributed by atoms with Gasteiger partial charge in [-0.1, -0.05) is 0 Å². The van der Waals surface area contributed by atoms with Crippen LogP contribution >= 0.6 is 0 Å². The van der Waals surface area contributed by atoms with E-state index in [1.54, 1.807) is 7.05 Å². The van der Waals surface area contributed by atoms with Gasteiger partial charge in [-0.15, -0.1) is 5.10 Å². The molecule has 2 aliphatic heterocycles. The van der Waals surface area contributed by atoms with E-state index in [0.717, 1.165) is 19.6 Å². The maximum absolute atomic E-state index is 11.1. The maximum atomic E-state index is 11.1. The summed E-state index contributed by atoms with van der Waals surface area (Å²) in [5.41, 5.74) is 0.109. The molecule has 2 aliphatic rings. The van der Waals surface area contributed by atoms with Gasteiger partial charge in [0.15, 0.2) is 0 Å². The number of aromatic nitrogens is 2. The van der Waals surface area contributed by atoms with Gasteiger partial charge in [-0.3, -0.25) is 14.8 Å². The molecular formula is C11H17N5O2.